The van der Waals surface area contributed by atoms with E-state index in [2.05, 4.69) is 34.5 Å². The van der Waals surface area contributed by atoms with Gasteiger partial charge in [-0.05, 0) is 30.9 Å². The van der Waals surface area contributed by atoms with Gasteiger partial charge in [-0.3, -0.25) is 0 Å². The number of halogens is 2. The SMILES string of the molecule is O=C(NCCN1CCCC(c2ccccc2)C1)N1CCC(F)(F)CC1. The normalized spacial score (nSPS) is 24.1. The molecule has 2 amide bonds. The number of rotatable bonds is 4. The first-order valence-electron chi connectivity index (χ1n) is 9.21. The van der Waals surface area contributed by atoms with Gasteiger partial charge in [-0.15, -0.1) is 0 Å². The van der Waals surface area contributed by atoms with Crippen LogP contribution < -0.4 is 5.32 Å². The second kappa shape index (κ2) is 8.13. The highest BCUT2D eigenvalue weighted by molar-refractivity contribution is 5.74. The summed E-state index contributed by atoms with van der Waals surface area (Å²) >= 11 is 0. The Bertz CT molecular complexity index is 557. The lowest BCUT2D eigenvalue weighted by atomic mass is 9.91. The van der Waals surface area contributed by atoms with Crippen molar-refractivity contribution in [2.24, 2.45) is 0 Å². The third-order valence-corrected chi connectivity index (χ3v) is 5.26. The third kappa shape index (κ3) is 5.14. The van der Waals surface area contributed by atoms with Gasteiger partial charge in [0.2, 0.25) is 0 Å². The fourth-order valence-electron chi connectivity index (χ4n) is 3.73. The number of piperidine rings is 2. The molecule has 1 atom stereocenters. The van der Waals surface area contributed by atoms with E-state index in [-0.39, 0.29) is 32.0 Å². The Morgan fingerprint density at radius 3 is 2.60 bits per heavy atom. The highest BCUT2D eigenvalue weighted by Gasteiger charge is 2.35. The van der Waals surface area contributed by atoms with Crippen molar-refractivity contribution in [3.8, 4) is 0 Å². The average Bonchev–Trinajstić information content (AvgIpc) is 2.62. The summed E-state index contributed by atoms with van der Waals surface area (Å²) in [5, 5.41) is 2.88. The number of nitrogens with zero attached hydrogens (tertiary/aromatic N) is 2. The maximum atomic E-state index is 13.1. The molecule has 0 aliphatic carbocycles. The highest BCUT2D eigenvalue weighted by atomic mass is 19.3. The van der Waals surface area contributed by atoms with Crippen LogP contribution in [0.4, 0.5) is 13.6 Å². The number of amides is 2. The van der Waals surface area contributed by atoms with Crippen LogP contribution in [0.15, 0.2) is 30.3 Å². The van der Waals surface area contributed by atoms with Crippen molar-refractivity contribution < 1.29 is 13.6 Å². The van der Waals surface area contributed by atoms with Crippen molar-refractivity contribution in [1.82, 2.24) is 15.1 Å². The van der Waals surface area contributed by atoms with Crippen molar-refractivity contribution in [2.45, 2.75) is 37.5 Å². The number of hydrogen-bond donors (Lipinski definition) is 1. The number of likely N-dealkylation sites (tertiary alicyclic amines) is 2. The largest absolute Gasteiger partial charge is 0.337 e. The maximum absolute atomic E-state index is 13.1. The zero-order chi connectivity index (χ0) is 17.7. The molecule has 0 aromatic heterocycles. The molecule has 1 aromatic rings. The van der Waals surface area contributed by atoms with E-state index in [1.807, 2.05) is 6.07 Å². The molecule has 1 aromatic carbocycles. The summed E-state index contributed by atoms with van der Waals surface area (Å²) < 4.78 is 26.3. The van der Waals surface area contributed by atoms with Gasteiger partial charge in [-0.25, -0.2) is 13.6 Å². The van der Waals surface area contributed by atoms with Gasteiger partial charge in [0.25, 0.3) is 5.92 Å². The Balaban J connectivity index is 1.39. The lowest BCUT2D eigenvalue weighted by molar-refractivity contribution is -0.0469. The van der Waals surface area contributed by atoms with E-state index in [9.17, 15) is 13.6 Å². The Morgan fingerprint density at radius 1 is 1.16 bits per heavy atom. The first kappa shape index (κ1) is 18.1. The smallest absolute Gasteiger partial charge is 0.317 e. The second-order valence-corrected chi connectivity index (χ2v) is 7.13. The van der Waals surface area contributed by atoms with Crippen LogP contribution in [0.3, 0.4) is 0 Å². The number of carbonyl (C=O) groups excluding carboxylic acids is 1. The molecule has 1 unspecified atom stereocenters. The predicted octanol–water partition coefficient (Wildman–Crippen LogP) is 3.31. The summed E-state index contributed by atoms with van der Waals surface area (Å²) in [6.07, 6.45) is 1.90. The van der Waals surface area contributed by atoms with Crippen LogP contribution in [0.2, 0.25) is 0 Å². The van der Waals surface area contributed by atoms with Crippen molar-refractivity contribution in [3.63, 3.8) is 0 Å². The Morgan fingerprint density at radius 2 is 1.88 bits per heavy atom. The van der Waals surface area contributed by atoms with Crippen LogP contribution in [0.1, 0.15) is 37.2 Å². The topological polar surface area (TPSA) is 35.6 Å². The summed E-state index contributed by atoms with van der Waals surface area (Å²) in [6.45, 7) is 3.70. The second-order valence-electron chi connectivity index (χ2n) is 7.13. The molecule has 2 heterocycles. The van der Waals surface area contributed by atoms with E-state index in [1.54, 1.807) is 0 Å². The lowest BCUT2D eigenvalue weighted by Crippen LogP contribution is -2.49. The predicted molar refractivity (Wildman–Crippen MR) is 94.0 cm³/mol. The van der Waals surface area contributed by atoms with E-state index in [0.29, 0.717) is 12.5 Å². The van der Waals surface area contributed by atoms with Gasteiger partial charge >= 0.3 is 6.03 Å². The van der Waals surface area contributed by atoms with Gasteiger partial charge in [0.1, 0.15) is 0 Å². The number of nitrogens with one attached hydrogen (secondary N) is 1. The van der Waals surface area contributed by atoms with Crippen LogP contribution >= 0.6 is 0 Å². The highest BCUT2D eigenvalue weighted by Crippen LogP contribution is 2.28. The summed E-state index contributed by atoms with van der Waals surface area (Å²) in [5.41, 5.74) is 1.38. The summed E-state index contributed by atoms with van der Waals surface area (Å²) in [6, 6.07) is 10.3. The van der Waals surface area contributed by atoms with Crippen molar-refractivity contribution in [1.29, 1.82) is 0 Å². The first-order valence-corrected chi connectivity index (χ1v) is 9.21. The molecule has 4 nitrogen and oxygen atoms in total. The van der Waals surface area contributed by atoms with Gasteiger partial charge in [0, 0.05) is 45.6 Å². The van der Waals surface area contributed by atoms with E-state index in [1.165, 1.54) is 16.9 Å². The van der Waals surface area contributed by atoms with Crippen LogP contribution in [0, 0.1) is 0 Å². The molecule has 6 heteroatoms. The van der Waals surface area contributed by atoms with Crippen molar-refractivity contribution in [3.05, 3.63) is 35.9 Å². The number of carbonyl (C=O) groups is 1. The molecule has 2 fully saturated rings. The fourth-order valence-corrected chi connectivity index (χ4v) is 3.73. The molecule has 2 aliphatic rings. The number of hydrogen-bond acceptors (Lipinski definition) is 2. The summed E-state index contributed by atoms with van der Waals surface area (Å²) in [7, 11) is 0. The molecular weight excluding hydrogens is 324 g/mol. The zero-order valence-electron chi connectivity index (χ0n) is 14.6. The average molecular weight is 351 g/mol. The van der Waals surface area contributed by atoms with Crippen LogP contribution in [-0.2, 0) is 0 Å². The molecule has 2 saturated heterocycles. The van der Waals surface area contributed by atoms with Crippen LogP contribution in [-0.4, -0.2) is 61.0 Å². The molecule has 0 bridgehead atoms. The molecule has 0 spiro atoms. The first-order chi connectivity index (χ1) is 12.0. The fraction of sp³-hybridized carbons (Fsp3) is 0.632. The number of alkyl halides is 2. The van der Waals surface area contributed by atoms with E-state index in [0.717, 1.165) is 26.1 Å². The lowest BCUT2D eigenvalue weighted by Gasteiger charge is -2.34. The van der Waals surface area contributed by atoms with Crippen molar-refractivity contribution >= 4 is 6.03 Å². The minimum atomic E-state index is -2.61. The summed E-state index contributed by atoms with van der Waals surface area (Å²) in [5.74, 6) is -2.06. The quantitative estimate of drug-likeness (QED) is 0.903. The molecule has 1 N–H and O–H groups in total. The standard InChI is InChI=1S/C19H27F2N3O/c20-19(21)8-12-24(13-9-19)18(25)22-10-14-23-11-4-7-17(15-23)16-5-2-1-3-6-16/h1-3,5-6,17H,4,7-15H2,(H,22,25). The number of benzene rings is 1. The van der Waals surface area contributed by atoms with Gasteiger partial charge in [-0.2, -0.15) is 0 Å². The van der Waals surface area contributed by atoms with Gasteiger partial charge in [0.15, 0.2) is 0 Å². The van der Waals surface area contributed by atoms with Crippen molar-refractivity contribution in [2.75, 3.05) is 39.3 Å². The van der Waals surface area contributed by atoms with Gasteiger partial charge in [-0.1, -0.05) is 30.3 Å². The van der Waals surface area contributed by atoms with Gasteiger partial charge in [0.05, 0.1) is 0 Å². The molecule has 138 valence electrons. The minimum absolute atomic E-state index is 0.138. The minimum Gasteiger partial charge on any atom is -0.337 e. The van der Waals surface area contributed by atoms with E-state index < -0.39 is 5.92 Å². The van der Waals surface area contributed by atoms with Crippen LogP contribution in [0.5, 0.6) is 0 Å². The molecule has 2 aliphatic heterocycles. The van der Waals surface area contributed by atoms with Gasteiger partial charge < -0.3 is 15.1 Å². The Labute approximate surface area is 148 Å². The van der Waals surface area contributed by atoms with E-state index >= 15 is 0 Å². The molecule has 0 radical (unpaired) electrons. The third-order valence-electron chi connectivity index (χ3n) is 5.26. The molecular formula is C19H27F2N3O. The Hall–Kier alpha value is -1.69. The Kier molecular flexibility index (Phi) is 5.89. The van der Waals surface area contributed by atoms with Crippen LogP contribution in [0.25, 0.3) is 0 Å². The zero-order valence-corrected chi connectivity index (χ0v) is 14.6. The molecule has 0 saturated carbocycles. The maximum Gasteiger partial charge on any atom is 0.317 e. The monoisotopic (exact) mass is 351 g/mol. The number of urea groups is 1. The molecule has 3 rings (SSSR count). The molecule has 25 heavy (non-hydrogen) atoms. The summed E-state index contributed by atoms with van der Waals surface area (Å²) in [4.78, 5) is 16.0. The van der Waals surface area contributed by atoms with E-state index in [4.69, 9.17) is 0 Å².